The van der Waals surface area contributed by atoms with Gasteiger partial charge in [0.2, 0.25) is 5.95 Å². The molecule has 196 valence electrons. The van der Waals surface area contributed by atoms with Gasteiger partial charge in [-0.25, -0.2) is 29.4 Å². The normalized spacial score (nSPS) is 14.0. The third kappa shape index (κ3) is 5.24. The number of aryl methyl sites for hydroxylation is 1. The first-order chi connectivity index (χ1) is 19.1. The molecule has 0 saturated carbocycles. The zero-order chi connectivity index (χ0) is 26.8. The van der Waals surface area contributed by atoms with Gasteiger partial charge in [-0.3, -0.25) is 4.79 Å². The summed E-state index contributed by atoms with van der Waals surface area (Å²) in [5, 5.41) is 7.49. The summed E-state index contributed by atoms with van der Waals surface area (Å²) in [4.78, 5) is 36.3. The van der Waals surface area contributed by atoms with Crippen LogP contribution in [-0.4, -0.2) is 53.4 Å². The molecule has 0 spiro atoms. The monoisotopic (exact) mass is 521 g/mol. The summed E-state index contributed by atoms with van der Waals surface area (Å²) in [6, 6.07) is 9.53. The summed E-state index contributed by atoms with van der Waals surface area (Å²) < 4.78 is 7.78. The SMILES string of the molecule is C=CC(=O)CC1CCN(c2ncc3ncnc(Nc4ccc(Oc5ccn6ncnc6c5)c(C)c4)c3n2)CC1. The molecule has 6 rings (SSSR count). The van der Waals surface area contributed by atoms with Crippen molar-refractivity contribution >= 4 is 39.9 Å². The van der Waals surface area contributed by atoms with Gasteiger partial charge in [-0.2, -0.15) is 5.10 Å². The zero-order valence-corrected chi connectivity index (χ0v) is 21.5. The van der Waals surface area contributed by atoms with Crippen molar-refractivity contribution in [1.82, 2.24) is 34.5 Å². The van der Waals surface area contributed by atoms with E-state index in [9.17, 15) is 4.79 Å². The van der Waals surface area contributed by atoms with Gasteiger partial charge in [-0.15, -0.1) is 0 Å². The second-order valence-electron chi connectivity index (χ2n) is 9.56. The molecule has 4 aromatic heterocycles. The highest BCUT2D eigenvalue weighted by Gasteiger charge is 2.23. The minimum Gasteiger partial charge on any atom is -0.457 e. The van der Waals surface area contributed by atoms with Crippen LogP contribution in [0.5, 0.6) is 11.5 Å². The van der Waals surface area contributed by atoms with Gasteiger partial charge in [0.25, 0.3) is 0 Å². The molecule has 39 heavy (non-hydrogen) atoms. The Hall–Kier alpha value is -4.93. The van der Waals surface area contributed by atoms with E-state index in [1.807, 2.05) is 43.5 Å². The lowest BCUT2D eigenvalue weighted by atomic mass is 9.92. The van der Waals surface area contributed by atoms with Crippen molar-refractivity contribution in [3.05, 3.63) is 73.6 Å². The van der Waals surface area contributed by atoms with E-state index >= 15 is 0 Å². The first-order valence-electron chi connectivity index (χ1n) is 12.8. The Labute approximate surface area is 224 Å². The number of ketones is 1. The van der Waals surface area contributed by atoms with Crippen molar-refractivity contribution in [3.63, 3.8) is 0 Å². The number of rotatable bonds is 8. The van der Waals surface area contributed by atoms with Crippen LogP contribution < -0.4 is 15.0 Å². The number of allylic oxidation sites excluding steroid dienone is 1. The lowest BCUT2D eigenvalue weighted by molar-refractivity contribution is -0.115. The molecule has 0 amide bonds. The quantitative estimate of drug-likeness (QED) is 0.288. The Bertz CT molecular complexity index is 1670. The Morgan fingerprint density at radius 3 is 2.82 bits per heavy atom. The van der Waals surface area contributed by atoms with Crippen LogP contribution in [0.1, 0.15) is 24.8 Å². The topological polar surface area (TPSA) is 123 Å². The summed E-state index contributed by atoms with van der Waals surface area (Å²) in [7, 11) is 0. The fourth-order valence-electron chi connectivity index (χ4n) is 4.76. The summed E-state index contributed by atoms with van der Waals surface area (Å²) in [5.41, 5.74) is 3.82. The molecule has 1 aromatic carbocycles. The molecule has 0 aliphatic carbocycles. The number of anilines is 3. The number of ether oxygens (including phenoxy) is 1. The molecule has 1 saturated heterocycles. The van der Waals surface area contributed by atoms with E-state index in [1.54, 1.807) is 10.7 Å². The van der Waals surface area contributed by atoms with Crippen molar-refractivity contribution in [2.24, 2.45) is 5.92 Å². The molecular weight excluding hydrogens is 494 g/mol. The zero-order valence-electron chi connectivity index (χ0n) is 21.5. The van der Waals surface area contributed by atoms with Crippen LogP contribution in [0, 0.1) is 12.8 Å². The molecule has 1 aliphatic heterocycles. The van der Waals surface area contributed by atoms with Crippen LogP contribution in [0.2, 0.25) is 0 Å². The molecule has 11 nitrogen and oxygen atoms in total. The van der Waals surface area contributed by atoms with E-state index in [1.165, 1.54) is 18.7 Å². The van der Waals surface area contributed by atoms with Crippen LogP contribution in [0.25, 0.3) is 16.7 Å². The highest BCUT2D eigenvalue weighted by atomic mass is 16.5. The molecule has 5 aromatic rings. The third-order valence-corrected chi connectivity index (χ3v) is 6.90. The van der Waals surface area contributed by atoms with E-state index in [-0.39, 0.29) is 5.78 Å². The Kier molecular flexibility index (Phi) is 6.54. The molecule has 1 aliphatic rings. The first kappa shape index (κ1) is 24.4. The summed E-state index contributed by atoms with van der Waals surface area (Å²) >= 11 is 0. The van der Waals surface area contributed by atoms with Gasteiger partial charge in [0.1, 0.15) is 35.2 Å². The van der Waals surface area contributed by atoms with Gasteiger partial charge in [-0.1, -0.05) is 6.58 Å². The highest BCUT2D eigenvalue weighted by Crippen LogP contribution is 2.30. The summed E-state index contributed by atoms with van der Waals surface area (Å²) in [5.74, 6) is 3.13. The van der Waals surface area contributed by atoms with Crippen LogP contribution in [0.15, 0.2) is 68.0 Å². The Morgan fingerprint density at radius 2 is 2.00 bits per heavy atom. The van der Waals surface area contributed by atoms with E-state index in [4.69, 9.17) is 9.72 Å². The van der Waals surface area contributed by atoms with Gasteiger partial charge < -0.3 is 15.0 Å². The lowest BCUT2D eigenvalue weighted by Crippen LogP contribution is -2.35. The number of aromatic nitrogens is 7. The van der Waals surface area contributed by atoms with Gasteiger partial charge in [0, 0.05) is 37.5 Å². The second-order valence-corrected chi connectivity index (χ2v) is 9.56. The number of carbonyl (C=O) groups is 1. The molecule has 0 unspecified atom stereocenters. The van der Waals surface area contributed by atoms with Crippen LogP contribution in [0.3, 0.4) is 0 Å². The van der Waals surface area contributed by atoms with E-state index in [2.05, 4.69) is 41.8 Å². The summed E-state index contributed by atoms with van der Waals surface area (Å²) in [6.07, 6.45) is 10.3. The minimum atomic E-state index is 0.103. The van der Waals surface area contributed by atoms with Crippen molar-refractivity contribution in [2.45, 2.75) is 26.2 Å². The largest absolute Gasteiger partial charge is 0.457 e. The van der Waals surface area contributed by atoms with E-state index in [0.717, 1.165) is 42.9 Å². The van der Waals surface area contributed by atoms with Gasteiger partial charge in [-0.05, 0) is 61.6 Å². The smallest absolute Gasteiger partial charge is 0.226 e. The number of hydrogen-bond donors (Lipinski definition) is 1. The van der Waals surface area contributed by atoms with Crippen LogP contribution in [-0.2, 0) is 4.79 Å². The standard InChI is InChI=1S/C28H27N9O2/c1-3-21(38)13-19-6-9-36(10-7-19)28-29-15-23-26(35-28)27(32-16-30-23)34-20-4-5-24(18(2)12-20)39-22-8-11-37-25(14-22)31-17-33-37/h3-5,8,11-12,14-17,19H,1,6-7,9-10,13H2,2H3,(H,30,32,34). The summed E-state index contributed by atoms with van der Waals surface area (Å²) in [6.45, 7) is 7.15. The Morgan fingerprint density at radius 1 is 1.13 bits per heavy atom. The molecule has 0 bridgehead atoms. The maximum Gasteiger partial charge on any atom is 0.226 e. The lowest BCUT2D eigenvalue weighted by Gasteiger charge is -2.31. The Balaban J connectivity index is 1.18. The molecule has 1 N–H and O–H groups in total. The fraction of sp³-hybridized carbons (Fsp3) is 0.250. The van der Waals surface area contributed by atoms with E-state index in [0.29, 0.717) is 46.5 Å². The minimum absolute atomic E-state index is 0.103. The molecule has 11 heteroatoms. The highest BCUT2D eigenvalue weighted by molar-refractivity contribution is 5.89. The number of carbonyl (C=O) groups excluding carboxylic acids is 1. The maximum absolute atomic E-state index is 11.7. The van der Waals surface area contributed by atoms with Crippen molar-refractivity contribution in [1.29, 1.82) is 0 Å². The average Bonchev–Trinajstić information content (AvgIpc) is 3.43. The number of fused-ring (bicyclic) bond motifs is 2. The average molecular weight is 522 g/mol. The number of nitrogens with one attached hydrogen (secondary N) is 1. The predicted octanol–water partition coefficient (Wildman–Crippen LogP) is 4.67. The molecular formula is C28H27N9O2. The fourth-order valence-corrected chi connectivity index (χ4v) is 4.76. The molecule has 5 heterocycles. The number of piperidine rings is 1. The van der Waals surface area contributed by atoms with Crippen LogP contribution >= 0.6 is 0 Å². The second kappa shape index (κ2) is 10.4. The van der Waals surface area contributed by atoms with Crippen molar-refractivity contribution in [3.8, 4) is 11.5 Å². The van der Waals surface area contributed by atoms with E-state index < -0.39 is 0 Å². The maximum atomic E-state index is 11.7. The molecule has 0 atom stereocenters. The van der Waals surface area contributed by atoms with Gasteiger partial charge in [0.15, 0.2) is 17.2 Å². The van der Waals surface area contributed by atoms with Crippen molar-refractivity contribution in [2.75, 3.05) is 23.3 Å². The van der Waals surface area contributed by atoms with Gasteiger partial charge >= 0.3 is 0 Å². The van der Waals surface area contributed by atoms with Crippen molar-refractivity contribution < 1.29 is 9.53 Å². The number of hydrogen-bond acceptors (Lipinski definition) is 10. The number of benzene rings is 1. The van der Waals surface area contributed by atoms with Gasteiger partial charge in [0.05, 0.1) is 6.20 Å². The molecule has 1 fully saturated rings. The third-order valence-electron chi connectivity index (χ3n) is 6.90. The first-order valence-corrected chi connectivity index (χ1v) is 12.8. The van der Waals surface area contributed by atoms with Crippen LogP contribution in [0.4, 0.5) is 17.5 Å². The number of pyridine rings is 1. The molecule has 0 radical (unpaired) electrons. The number of nitrogens with zero attached hydrogens (tertiary/aromatic N) is 8. The predicted molar refractivity (Wildman–Crippen MR) is 147 cm³/mol.